The highest BCUT2D eigenvalue weighted by Crippen LogP contribution is 2.33. The average molecular weight is 420 g/mol. The fraction of sp³-hybridized carbons (Fsp3) is 0.423. The first-order valence-corrected chi connectivity index (χ1v) is 11.2. The Kier molecular flexibility index (Phi) is 6.86. The maximum absolute atomic E-state index is 9.65. The smallest absolute Gasteiger partial charge is 0.128 e. The molecule has 3 aromatic rings. The number of hydrogen-bond donors (Lipinski definition) is 1. The van der Waals surface area contributed by atoms with E-state index < -0.39 is 0 Å². The van der Waals surface area contributed by atoms with Crippen LogP contribution in [0.25, 0.3) is 22.2 Å². The molecule has 1 N–H and O–H groups in total. The fourth-order valence-corrected chi connectivity index (χ4v) is 4.29. The topological polar surface area (TPSA) is 48.8 Å². The zero-order valence-electron chi connectivity index (χ0n) is 18.9. The summed E-state index contributed by atoms with van der Waals surface area (Å²) in [5.74, 6) is 0.878. The van der Waals surface area contributed by atoms with Gasteiger partial charge in [-0.2, -0.15) is 0 Å². The van der Waals surface area contributed by atoms with Crippen molar-refractivity contribution in [2.45, 2.75) is 26.9 Å². The number of aromatic nitrogens is 1. The van der Waals surface area contributed by atoms with Crippen LogP contribution in [0.3, 0.4) is 0 Å². The molecular formula is C26H33N3O2. The SMILES string of the molecule is Cc1cc(-c2ccccc2OCCCN2CCN(C)CC2)nc2c(C)c(CO)ccc12. The van der Waals surface area contributed by atoms with Gasteiger partial charge in [-0.05, 0) is 62.2 Å². The molecular weight excluding hydrogens is 386 g/mol. The molecule has 4 rings (SSSR count). The van der Waals surface area contributed by atoms with Crippen LogP contribution >= 0.6 is 0 Å². The molecule has 0 unspecified atom stereocenters. The third-order valence-corrected chi connectivity index (χ3v) is 6.36. The standard InChI is InChI=1S/C26H33N3O2/c1-19-17-24(27-26-20(2)21(18-30)9-10-22(19)26)23-7-4-5-8-25(23)31-16-6-11-29-14-12-28(3)13-15-29/h4-5,7-10,17,30H,6,11-16,18H2,1-3H3. The highest BCUT2D eigenvalue weighted by molar-refractivity contribution is 5.88. The molecule has 1 aliphatic rings. The molecule has 0 atom stereocenters. The molecule has 164 valence electrons. The van der Waals surface area contributed by atoms with Crippen LogP contribution in [0.2, 0.25) is 0 Å². The van der Waals surface area contributed by atoms with Gasteiger partial charge in [-0.3, -0.25) is 0 Å². The Bertz CT molecular complexity index is 1040. The molecule has 1 fully saturated rings. The molecule has 31 heavy (non-hydrogen) atoms. The quantitative estimate of drug-likeness (QED) is 0.586. The van der Waals surface area contributed by atoms with Crippen LogP contribution in [-0.2, 0) is 6.61 Å². The van der Waals surface area contributed by atoms with Gasteiger partial charge in [0.25, 0.3) is 0 Å². The zero-order chi connectivity index (χ0) is 21.8. The summed E-state index contributed by atoms with van der Waals surface area (Å²) in [4.78, 5) is 9.88. The first kappa shape index (κ1) is 21.8. The molecule has 2 heterocycles. The minimum absolute atomic E-state index is 0.0275. The van der Waals surface area contributed by atoms with E-state index in [1.807, 2.05) is 31.2 Å². The van der Waals surface area contributed by atoms with E-state index in [9.17, 15) is 5.11 Å². The third kappa shape index (κ3) is 4.90. The molecule has 0 radical (unpaired) electrons. The first-order chi connectivity index (χ1) is 15.1. The van der Waals surface area contributed by atoms with E-state index in [0.29, 0.717) is 6.61 Å². The van der Waals surface area contributed by atoms with E-state index in [4.69, 9.17) is 9.72 Å². The Hall–Kier alpha value is -2.47. The lowest BCUT2D eigenvalue weighted by Crippen LogP contribution is -2.44. The van der Waals surface area contributed by atoms with Gasteiger partial charge in [0.2, 0.25) is 0 Å². The second-order valence-electron chi connectivity index (χ2n) is 8.57. The lowest BCUT2D eigenvalue weighted by Gasteiger charge is -2.32. The van der Waals surface area contributed by atoms with Crippen molar-refractivity contribution in [3.63, 3.8) is 0 Å². The molecule has 0 amide bonds. The van der Waals surface area contributed by atoms with Crippen molar-refractivity contribution >= 4 is 10.9 Å². The second-order valence-corrected chi connectivity index (χ2v) is 8.57. The number of benzene rings is 2. The van der Waals surface area contributed by atoms with Crippen molar-refractivity contribution < 1.29 is 9.84 Å². The number of rotatable bonds is 7. The lowest BCUT2D eigenvalue weighted by atomic mass is 9.99. The van der Waals surface area contributed by atoms with E-state index in [1.54, 1.807) is 0 Å². The number of fused-ring (bicyclic) bond motifs is 1. The Morgan fingerprint density at radius 1 is 1.03 bits per heavy atom. The van der Waals surface area contributed by atoms with Crippen LogP contribution < -0.4 is 4.74 Å². The van der Waals surface area contributed by atoms with Gasteiger partial charge in [-0.1, -0.05) is 24.3 Å². The minimum Gasteiger partial charge on any atom is -0.493 e. The largest absolute Gasteiger partial charge is 0.493 e. The van der Waals surface area contributed by atoms with Crippen molar-refractivity contribution in [3.05, 3.63) is 59.2 Å². The lowest BCUT2D eigenvalue weighted by molar-refractivity contribution is 0.145. The predicted octanol–water partition coefficient (Wildman–Crippen LogP) is 4.03. The van der Waals surface area contributed by atoms with Gasteiger partial charge >= 0.3 is 0 Å². The van der Waals surface area contributed by atoms with Gasteiger partial charge in [0.05, 0.1) is 24.4 Å². The van der Waals surface area contributed by atoms with Gasteiger partial charge in [0.1, 0.15) is 5.75 Å². The summed E-state index contributed by atoms with van der Waals surface area (Å²) in [5, 5.41) is 10.8. The van der Waals surface area contributed by atoms with Crippen molar-refractivity contribution in [1.29, 1.82) is 0 Å². The molecule has 5 nitrogen and oxygen atoms in total. The molecule has 1 aliphatic heterocycles. The highest BCUT2D eigenvalue weighted by atomic mass is 16.5. The van der Waals surface area contributed by atoms with Crippen LogP contribution in [0, 0.1) is 13.8 Å². The number of aryl methyl sites for hydroxylation is 2. The minimum atomic E-state index is 0.0275. The summed E-state index contributed by atoms with van der Waals surface area (Å²) in [7, 11) is 2.19. The summed E-state index contributed by atoms with van der Waals surface area (Å²) in [5.41, 5.74) is 6.02. The van der Waals surface area contributed by atoms with E-state index >= 15 is 0 Å². The van der Waals surface area contributed by atoms with Crippen molar-refractivity contribution in [1.82, 2.24) is 14.8 Å². The number of pyridine rings is 1. The average Bonchev–Trinajstić information content (AvgIpc) is 2.79. The number of aliphatic hydroxyl groups is 1. The van der Waals surface area contributed by atoms with Crippen LogP contribution in [0.15, 0.2) is 42.5 Å². The van der Waals surface area contributed by atoms with Crippen molar-refractivity contribution in [2.24, 2.45) is 0 Å². The number of likely N-dealkylation sites (N-methyl/N-ethyl adjacent to an activating group) is 1. The van der Waals surface area contributed by atoms with Crippen LogP contribution in [0.5, 0.6) is 5.75 Å². The number of ether oxygens (including phenoxy) is 1. The van der Waals surface area contributed by atoms with Gasteiger partial charge in [0.15, 0.2) is 0 Å². The molecule has 0 aliphatic carbocycles. The van der Waals surface area contributed by atoms with Crippen LogP contribution in [-0.4, -0.2) is 66.3 Å². The molecule has 5 heteroatoms. The molecule has 0 saturated carbocycles. The van der Waals surface area contributed by atoms with Gasteiger partial charge < -0.3 is 19.6 Å². The third-order valence-electron chi connectivity index (χ3n) is 6.36. The van der Waals surface area contributed by atoms with E-state index in [1.165, 1.54) is 5.56 Å². The van der Waals surface area contributed by atoms with E-state index in [0.717, 1.165) is 78.2 Å². The Labute approximate surface area is 185 Å². The molecule has 0 bridgehead atoms. The van der Waals surface area contributed by atoms with Crippen LogP contribution in [0.4, 0.5) is 0 Å². The monoisotopic (exact) mass is 419 g/mol. The Morgan fingerprint density at radius 2 is 1.81 bits per heavy atom. The molecule has 1 saturated heterocycles. The first-order valence-electron chi connectivity index (χ1n) is 11.2. The summed E-state index contributed by atoms with van der Waals surface area (Å²) in [6.07, 6.45) is 1.02. The number of hydrogen-bond acceptors (Lipinski definition) is 5. The van der Waals surface area contributed by atoms with Crippen LogP contribution in [0.1, 0.15) is 23.1 Å². The summed E-state index contributed by atoms with van der Waals surface area (Å²) in [6, 6.07) is 14.3. The Morgan fingerprint density at radius 3 is 2.58 bits per heavy atom. The fourth-order valence-electron chi connectivity index (χ4n) is 4.29. The second kappa shape index (κ2) is 9.77. The molecule has 0 spiro atoms. The summed E-state index contributed by atoms with van der Waals surface area (Å²) >= 11 is 0. The molecule has 1 aromatic heterocycles. The number of para-hydroxylation sites is 1. The van der Waals surface area contributed by atoms with E-state index in [-0.39, 0.29) is 6.61 Å². The van der Waals surface area contributed by atoms with Crippen molar-refractivity contribution in [3.8, 4) is 17.0 Å². The number of nitrogens with zero attached hydrogens (tertiary/aromatic N) is 3. The Balaban J connectivity index is 1.51. The van der Waals surface area contributed by atoms with Crippen molar-refractivity contribution in [2.75, 3.05) is 46.4 Å². The molecule has 2 aromatic carbocycles. The maximum atomic E-state index is 9.65. The zero-order valence-corrected chi connectivity index (χ0v) is 18.9. The van der Waals surface area contributed by atoms with E-state index in [2.05, 4.69) is 42.0 Å². The maximum Gasteiger partial charge on any atom is 0.128 e. The van der Waals surface area contributed by atoms with Gasteiger partial charge in [0, 0.05) is 43.7 Å². The van der Waals surface area contributed by atoms with Gasteiger partial charge in [-0.25, -0.2) is 4.98 Å². The predicted molar refractivity (Wildman–Crippen MR) is 127 cm³/mol. The summed E-state index contributed by atoms with van der Waals surface area (Å²) < 4.78 is 6.21. The highest BCUT2D eigenvalue weighted by Gasteiger charge is 2.15. The summed E-state index contributed by atoms with van der Waals surface area (Å²) in [6.45, 7) is 10.5. The number of piperazine rings is 1. The van der Waals surface area contributed by atoms with Gasteiger partial charge in [-0.15, -0.1) is 0 Å². The normalized spacial score (nSPS) is 15.5. The number of aliphatic hydroxyl groups excluding tert-OH is 1.